The Hall–Kier alpha value is -3.06. The van der Waals surface area contributed by atoms with Crippen molar-refractivity contribution in [2.24, 2.45) is 0 Å². The molecule has 7 nitrogen and oxygen atoms in total. The molecule has 1 fully saturated rings. The summed E-state index contributed by atoms with van der Waals surface area (Å²) in [5.41, 5.74) is 1.40. The van der Waals surface area contributed by atoms with Crippen molar-refractivity contribution < 1.29 is 19.1 Å². The van der Waals surface area contributed by atoms with Crippen molar-refractivity contribution in [3.63, 3.8) is 0 Å². The molecule has 178 valence electrons. The molecule has 0 unspecified atom stereocenters. The summed E-state index contributed by atoms with van der Waals surface area (Å²) in [4.78, 5) is 27.6. The third-order valence-corrected chi connectivity index (χ3v) is 5.25. The van der Waals surface area contributed by atoms with Crippen LogP contribution in [0.2, 0.25) is 0 Å². The highest BCUT2D eigenvalue weighted by atomic mass is 16.6. The Morgan fingerprint density at radius 2 is 1.73 bits per heavy atom. The zero-order chi connectivity index (χ0) is 23.7. The van der Waals surface area contributed by atoms with Crippen LogP contribution in [-0.2, 0) is 22.6 Å². The van der Waals surface area contributed by atoms with Crippen LogP contribution in [0.4, 0.5) is 4.79 Å². The van der Waals surface area contributed by atoms with E-state index >= 15 is 0 Å². The second-order valence-electron chi connectivity index (χ2n) is 9.25. The molecule has 2 aromatic rings. The first kappa shape index (κ1) is 24.6. The molecule has 3 rings (SSSR count). The van der Waals surface area contributed by atoms with Gasteiger partial charge in [0.1, 0.15) is 24.0 Å². The third kappa shape index (κ3) is 8.42. The van der Waals surface area contributed by atoms with E-state index in [4.69, 9.17) is 9.47 Å². The fourth-order valence-corrected chi connectivity index (χ4v) is 3.63. The average Bonchev–Trinajstić information content (AvgIpc) is 3.07. The number of carbonyl (C=O) groups is 2. The molecule has 0 radical (unpaired) electrons. The number of carbonyl (C=O) groups excluding carboxylic acids is 2. The van der Waals surface area contributed by atoms with Crippen LogP contribution in [0.3, 0.4) is 0 Å². The molecular weight excluding hydrogens is 418 g/mol. The minimum atomic E-state index is -0.700. The predicted octanol–water partition coefficient (Wildman–Crippen LogP) is 3.52. The molecule has 33 heavy (non-hydrogen) atoms. The van der Waals surface area contributed by atoms with Crippen LogP contribution in [0.25, 0.3) is 0 Å². The number of nitrogens with zero attached hydrogens (tertiary/aromatic N) is 1. The summed E-state index contributed by atoms with van der Waals surface area (Å²) in [6.07, 6.45) is 0.677. The topological polar surface area (TPSA) is 79.9 Å². The van der Waals surface area contributed by atoms with E-state index < -0.39 is 17.7 Å². The van der Waals surface area contributed by atoms with E-state index in [1.807, 2.05) is 59.5 Å². The van der Waals surface area contributed by atoms with Gasteiger partial charge in [-0.05, 0) is 57.0 Å². The summed E-state index contributed by atoms with van der Waals surface area (Å²) < 4.78 is 11.3. The number of ether oxygens (including phenoxy) is 2. The van der Waals surface area contributed by atoms with Gasteiger partial charge in [0.05, 0.1) is 0 Å². The van der Waals surface area contributed by atoms with Gasteiger partial charge in [-0.25, -0.2) is 4.79 Å². The SMILES string of the molecule is CC(C)(C)OC(=O)N[C@@H](Cc1ccc(OCc2ccccc2)cc1)C(=O)N1CCCNCC1. The van der Waals surface area contributed by atoms with Crippen molar-refractivity contribution in [3.8, 4) is 5.75 Å². The van der Waals surface area contributed by atoms with Crippen molar-refractivity contribution in [2.75, 3.05) is 26.2 Å². The Morgan fingerprint density at radius 3 is 2.42 bits per heavy atom. The maximum Gasteiger partial charge on any atom is 0.408 e. The first-order valence-electron chi connectivity index (χ1n) is 11.5. The van der Waals surface area contributed by atoms with Gasteiger partial charge in [-0.3, -0.25) is 4.79 Å². The number of hydrogen-bond donors (Lipinski definition) is 2. The van der Waals surface area contributed by atoms with Crippen LogP contribution < -0.4 is 15.4 Å². The summed E-state index contributed by atoms with van der Waals surface area (Å²) in [7, 11) is 0. The van der Waals surface area contributed by atoms with E-state index in [-0.39, 0.29) is 5.91 Å². The Labute approximate surface area is 196 Å². The van der Waals surface area contributed by atoms with Crippen molar-refractivity contribution in [1.29, 1.82) is 0 Å². The van der Waals surface area contributed by atoms with Gasteiger partial charge in [-0.15, -0.1) is 0 Å². The highest BCUT2D eigenvalue weighted by Gasteiger charge is 2.28. The van der Waals surface area contributed by atoms with Crippen molar-refractivity contribution in [1.82, 2.24) is 15.5 Å². The second-order valence-corrected chi connectivity index (χ2v) is 9.25. The molecule has 1 heterocycles. The Balaban J connectivity index is 1.66. The highest BCUT2D eigenvalue weighted by molar-refractivity contribution is 5.86. The summed E-state index contributed by atoms with van der Waals surface area (Å²) in [5, 5.41) is 6.10. The number of hydrogen-bond acceptors (Lipinski definition) is 5. The zero-order valence-electron chi connectivity index (χ0n) is 19.8. The van der Waals surface area contributed by atoms with Crippen LogP contribution in [0.15, 0.2) is 54.6 Å². The number of alkyl carbamates (subject to hydrolysis) is 1. The molecule has 2 N–H and O–H groups in total. The van der Waals surface area contributed by atoms with Crippen LogP contribution in [-0.4, -0.2) is 54.7 Å². The molecule has 0 bridgehead atoms. The normalized spacial score (nSPS) is 15.3. The third-order valence-electron chi connectivity index (χ3n) is 5.25. The summed E-state index contributed by atoms with van der Waals surface area (Å²) in [6, 6.07) is 16.9. The van der Waals surface area contributed by atoms with Crippen LogP contribution in [0, 0.1) is 0 Å². The van der Waals surface area contributed by atoms with Gasteiger partial charge in [0, 0.05) is 26.1 Å². The average molecular weight is 454 g/mol. The minimum absolute atomic E-state index is 0.0889. The number of benzene rings is 2. The molecule has 0 spiro atoms. The molecule has 1 aliphatic heterocycles. The molecule has 1 aliphatic rings. The maximum absolute atomic E-state index is 13.3. The first-order valence-corrected chi connectivity index (χ1v) is 11.5. The molecule has 1 saturated heterocycles. The van der Waals surface area contributed by atoms with Gasteiger partial charge in [0.25, 0.3) is 0 Å². The predicted molar refractivity (Wildman–Crippen MR) is 128 cm³/mol. The lowest BCUT2D eigenvalue weighted by atomic mass is 10.0. The first-order chi connectivity index (χ1) is 15.8. The van der Waals surface area contributed by atoms with Crippen LogP contribution in [0.5, 0.6) is 5.75 Å². The molecule has 0 aromatic heterocycles. The fourth-order valence-electron chi connectivity index (χ4n) is 3.63. The Bertz CT molecular complexity index is 886. The van der Waals surface area contributed by atoms with E-state index in [2.05, 4.69) is 10.6 Å². The lowest BCUT2D eigenvalue weighted by molar-refractivity contribution is -0.133. The van der Waals surface area contributed by atoms with E-state index in [0.29, 0.717) is 26.1 Å². The molecular formula is C26H35N3O4. The lowest BCUT2D eigenvalue weighted by Gasteiger charge is -2.28. The van der Waals surface area contributed by atoms with Crippen LogP contribution >= 0.6 is 0 Å². The van der Waals surface area contributed by atoms with Gasteiger partial charge in [-0.1, -0.05) is 42.5 Å². The standard InChI is InChI=1S/C26H35N3O4/c1-26(2,3)33-25(31)28-23(24(30)29-16-7-14-27-15-17-29)18-20-10-12-22(13-11-20)32-19-21-8-5-4-6-9-21/h4-6,8-13,23,27H,7,14-19H2,1-3H3,(H,28,31)/t23-/m0/s1. The van der Waals surface area contributed by atoms with Crippen molar-refractivity contribution >= 4 is 12.0 Å². The van der Waals surface area contributed by atoms with E-state index in [1.165, 1.54) is 0 Å². The van der Waals surface area contributed by atoms with Gasteiger partial charge in [0.2, 0.25) is 5.91 Å². The number of rotatable bonds is 7. The van der Waals surface area contributed by atoms with E-state index in [0.717, 1.165) is 36.4 Å². The smallest absolute Gasteiger partial charge is 0.408 e. The molecule has 1 atom stereocenters. The second kappa shape index (κ2) is 11.7. The van der Waals surface area contributed by atoms with Crippen molar-refractivity contribution in [3.05, 3.63) is 65.7 Å². The summed E-state index contributed by atoms with van der Waals surface area (Å²) >= 11 is 0. The van der Waals surface area contributed by atoms with E-state index in [1.54, 1.807) is 20.8 Å². The van der Waals surface area contributed by atoms with Gasteiger partial charge >= 0.3 is 6.09 Å². The molecule has 0 aliphatic carbocycles. The molecule has 7 heteroatoms. The number of amides is 2. The largest absolute Gasteiger partial charge is 0.489 e. The van der Waals surface area contributed by atoms with Crippen molar-refractivity contribution in [2.45, 2.75) is 51.9 Å². The molecule has 2 amide bonds. The lowest BCUT2D eigenvalue weighted by Crippen LogP contribution is -2.51. The van der Waals surface area contributed by atoms with Gasteiger partial charge in [0.15, 0.2) is 0 Å². The zero-order valence-corrected chi connectivity index (χ0v) is 19.8. The summed E-state index contributed by atoms with van der Waals surface area (Å²) in [6.45, 7) is 8.83. The Morgan fingerprint density at radius 1 is 1.00 bits per heavy atom. The quantitative estimate of drug-likeness (QED) is 0.671. The van der Waals surface area contributed by atoms with Crippen LogP contribution in [0.1, 0.15) is 38.3 Å². The minimum Gasteiger partial charge on any atom is -0.489 e. The van der Waals surface area contributed by atoms with E-state index in [9.17, 15) is 9.59 Å². The monoisotopic (exact) mass is 453 g/mol. The van der Waals surface area contributed by atoms with Gasteiger partial charge < -0.3 is 25.0 Å². The highest BCUT2D eigenvalue weighted by Crippen LogP contribution is 2.17. The Kier molecular flexibility index (Phi) is 8.72. The van der Waals surface area contributed by atoms with Gasteiger partial charge in [-0.2, -0.15) is 0 Å². The maximum atomic E-state index is 13.3. The molecule has 0 saturated carbocycles. The number of nitrogens with one attached hydrogen (secondary N) is 2. The summed E-state index contributed by atoms with van der Waals surface area (Å²) in [5.74, 6) is 0.665. The molecule has 2 aromatic carbocycles. The fraction of sp³-hybridized carbons (Fsp3) is 0.462.